The molecule has 0 aliphatic heterocycles. The minimum Gasteiger partial charge on any atom is -0.343 e. The van der Waals surface area contributed by atoms with Crippen LogP contribution in [-0.4, -0.2) is 0 Å². The van der Waals surface area contributed by atoms with Gasteiger partial charge >= 0.3 is 0 Å². The summed E-state index contributed by atoms with van der Waals surface area (Å²) in [4.78, 5) is 0. The summed E-state index contributed by atoms with van der Waals surface area (Å²) in [6.07, 6.45) is 14.2. The van der Waals surface area contributed by atoms with Gasteiger partial charge in [0.1, 0.15) is 0 Å². The number of allylic oxidation sites excluding steroid dienone is 4. The van der Waals surface area contributed by atoms with E-state index >= 15 is 0 Å². The third-order valence-corrected chi connectivity index (χ3v) is 2.06. The number of hydrogen-bond donors (Lipinski definition) is 0. The van der Waals surface area contributed by atoms with Crippen LogP contribution in [0.2, 0.25) is 0 Å². The molecule has 1 aliphatic rings. The first kappa shape index (κ1) is 12.2. The predicted molar refractivity (Wildman–Crippen MR) is 50.3 cm³/mol. The molecule has 0 unspecified atom stereocenters. The average Bonchev–Trinajstić information content (AvgIpc) is 1.94. The van der Waals surface area contributed by atoms with Crippen molar-refractivity contribution in [3.8, 4) is 0 Å². The van der Waals surface area contributed by atoms with Gasteiger partial charge in [0.25, 0.3) is 0 Å². The minimum absolute atomic E-state index is 0. The molecule has 1 heteroatoms. The van der Waals surface area contributed by atoms with Crippen LogP contribution in [0.3, 0.4) is 0 Å². The van der Waals surface area contributed by atoms with E-state index in [-0.39, 0.29) is 21.1 Å². The maximum Gasteiger partial charge on any atom is 0 e. The molecule has 0 atom stereocenters. The SMILES string of the molecule is [CH2-]CCC1=CCCC=CCC1.[Pt]. The van der Waals surface area contributed by atoms with Gasteiger partial charge in [0, 0.05) is 21.1 Å². The average molecular weight is 344 g/mol. The van der Waals surface area contributed by atoms with Crippen molar-refractivity contribution in [3.05, 3.63) is 30.7 Å². The number of hydrogen-bond acceptors (Lipinski definition) is 0. The van der Waals surface area contributed by atoms with Crippen LogP contribution < -0.4 is 0 Å². The molecular weight excluding hydrogens is 327 g/mol. The Labute approximate surface area is 90.4 Å². The first-order valence-electron chi connectivity index (χ1n) is 4.55. The van der Waals surface area contributed by atoms with Crippen LogP contribution >= 0.6 is 0 Å². The molecule has 0 aromatic rings. The summed E-state index contributed by atoms with van der Waals surface area (Å²) >= 11 is 0. The predicted octanol–water partition coefficient (Wildman–Crippen LogP) is 3.65. The normalized spacial score (nSPS) is 17.2. The first-order chi connectivity index (χ1) is 5.43. The zero-order valence-corrected chi connectivity index (χ0v) is 9.77. The molecule has 0 saturated heterocycles. The van der Waals surface area contributed by atoms with E-state index in [4.69, 9.17) is 0 Å². The second-order valence-electron chi connectivity index (χ2n) is 3.05. The van der Waals surface area contributed by atoms with E-state index in [0.717, 1.165) is 6.42 Å². The van der Waals surface area contributed by atoms with Crippen molar-refractivity contribution < 1.29 is 21.1 Å². The minimum atomic E-state index is 0. The third kappa shape index (κ3) is 4.93. The monoisotopic (exact) mass is 344 g/mol. The van der Waals surface area contributed by atoms with Crippen LogP contribution in [0.1, 0.15) is 38.5 Å². The molecule has 0 spiro atoms. The van der Waals surface area contributed by atoms with Crippen LogP contribution in [0.25, 0.3) is 0 Å². The van der Waals surface area contributed by atoms with Crippen molar-refractivity contribution in [3.63, 3.8) is 0 Å². The van der Waals surface area contributed by atoms with Crippen molar-refractivity contribution in [2.45, 2.75) is 38.5 Å². The zero-order valence-electron chi connectivity index (χ0n) is 7.50. The fourth-order valence-corrected chi connectivity index (χ4v) is 1.44. The summed E-state index contributed by atoms with van der Waals surface area (Å²) in [6, 6.07) is 0. The summed E-state index contributed by atoms with van der Waals surface area (Å²) < 4.78 is 0. The summed E-state index contributed by atoms with van der Waals surface area (Å²) in [5.74, 6) is 0. The van der Waals surface area contributed by atoms with Gasteiger partial charge in [-0.05, 0) is 25.7 Å². The first-order valence-corrected chi connectivity index (χ1v) is 4.55. The van der Waals surface area contributed by atoms with Gasteiger partial charge in [-0.1, -0.05) is 30.2 Å². The van der Waals surface area contributed by atoms with Gasteiger partial charge in [-0.3, -0.25) is 0 Å². The molecule has 0 amide bonds. The second kappa shape index (κ2) is 7.80. The van der Waals surface area contributed by atoms with Crippen molar-refractivity contribution in [2.24, 2.45) is 0 Å². The molecule has 0 fully saturated rings. The van der Waals surface area contributed by atoms with Crippen LogP contribution in [0.4, 0.5) is 0 Å². The van der Waals surface area contributed by atoms with Gasteiger partial charge in [-0.15, -0.1) is 0 Å². The van der Waals surface area contributed by atoms with Crippen molar-refractivity contribution in [1.29, 1.82) is 0 Å². The Bertz CT molecular complexity index is 156. The van der Waals surface area contributed by atoms with E-state index in [0.29, 0.717) is 0 Å². The van der Waals surface area contributed by atoms with E-state index in [1.165, 1.54) is 32.1 Å². The van der Waals surface area contributed by atoms with Gasteiger partial charge in [-0.25, -0.2) is 0 Å². The number of rotatable bonds is 2. The molecule has 0 nitrogen and oxygen atoms in total. The van der Waals surface area contributed by atoms with Gasteiger partial charge in [0.2, 0.25) is 0 Å². The van der Waals surface area contributed by atoms with Gasteiger partial charge < -0.3 is 6.92 Å². The summed E-state index contributed by atoms with van der Waals surface area (Å²) in [5, 5.41) is 0. The van der Waals surface area contributed by atoms with Crippen LogP contribution in [0.5, 0.6) is 0 Å². The standard InChI is InChI=1S/C11H17.Pt/c1-2-8-11-9-6-4-3-5-7-10-11;/h3-4,10H,1-2,5-9H2;/q-1;. The van der Waals surface area contributed by atoms with Crippen molar-refractivity contribution in [2.75, 3.05) is 0 Å². The van der Waals surface area contributed by atoms with Crippen molar-refractivity contribution in [1.82, 2.24) is 0 Å². The smallest absolute Gasteiger partial charge is 0 e. The van der Waals surface area contributed by atoms with E-state index in [9.17, 15) is 0 Å². The summed E-state index contributed by atoms with van der Waals surface area (Å²) in [7, 11) is 0. The maximum absolute atomic E-state index is 3.87. The van der Waals surface area contributed by atoms with Gasteiger partial charge in [0.05, 0.1) is 0 Å². The summed E-state index contributed by atoms with van der Waals surface area (Å²) in [5.41, 5.74) is 1.62. The molecule has 0 radical (unpaired) electrons. The summed E-state index contributed by atoms with van der Waals surface area (Å²) in [6.45, 7) is 3.87. The van der Waals surface area contributed by atoms with Crippen LogP contribution in [0, 0.1) is 6.92 Å². The molecule has 1 rings (SSSR count). The molecule has 0 saturated carbocycles. The van der Waals surface area contributed by atoms with Crippen LogP contribution in [-0.2, 0) is 21.1 Å². The van der Waals surface area contributed by atoms with E-state index < -0.39 is 0 Å². The van der Waals surface area contributed by atoms with E-state index in [1.54, 1.807) is 5.57 Å². The van der Waals surface area contributed by atoms with Crippen LogP contribution in [0.15, 0.2) is 23.8 Å². The molecular formula is C11H17Pt-. The molecule has 0 N–H and O–H groups in total. The van der Waals surface area contributed by atoms with Gasteiger partial charge in [-0.2, -0.15) is 6.42 Å². The fourth-order valence-electron chi connectivity index (χ4n) is 1.44. The molecule has 12 heavy (non-hydrogen) atoms. The molecule has 0 aromatic carbocycles. The Morgan fingerprint density at radius 3 is 2.67 bits per heavy atom. The van der Waals surface area contributed by atoms with Crippen molar-refractivity contribution >= 4 is 0 Å². The Kier molecular flexibility index (Phi) is 7.91. The third-order valence-electron chi connectivity index (χ3n) is 2.06. The maximum atomic E-state index is 3.87. The quantitative estimate of drug-likeness (QED) is 0.530. The van der Waals surface area contributed by atoms with Gasteiger partial charge in [0.15, 0.2) is 0 Å². The largest absolute Gasteiger partial charge is 0.343 e. The second-order valence-corrected chi connectivity index (χ2v) is 3.05. The molecule has 0 aromatic heterocycles. The Morgan fingerprint density at radius 1 is 1.17 bits per heavy atom. The molecule has 1 aliphatic carbocycles. The Morgan fingerprint density at radius 2 is 1.92 bits per heavy atom. The van der Waals surface area contributed by atoms with E-state index in [1.807, 2.05) is 0 Å². The zero-order chi connectivity index (χ0) is 7.94. The van der Waals surface area contributed by atoms with E-state index in [2.05, 4.69) is 25.2 Å². The Balaban J connectivity index is 0.00000121. The topological polar surface area (TPSA) is 0 Å². The Hall–Kier alpha value is 0.168. The molecule has 0 bridgehead atoms. The molecule has 0 heterocycles. The fraction of sp³-hybridized carbons (Fsp3) is 0.545. The molecule has 72 valence electrons.